The van der Waals surface area contributed by atoms with E-state index in [1.165, 1.54) is 0 Å². The van der Waals surface area contributed by atoms with Crippen LogP contribution in [0.1, 0.15) is 5.56 Å². The van der Waals surface area contributed by atoms with Gasteiger partial charge in [0.25, 0.3) is 0 Å². The van der Waals surface area contributed by atoms with Gasteiger partial charge in [-0.25, -0.2) is 0 Å². The molecule has 0 aliphatic rings. The maximum Gasteiger partial charge on any atom is 0.238 e. The van der Waals surface area contributed by atoms with Crippen LogP contribution < -0.4 is 15.4 Å². The number of carbonyl (C=O) groups excluding carboxylic acids is 1. The Kier molecular flexibility index (Phi) is 5.08. The van der Waals surface area contributed by atoms with Crippen LogP contribution in [0.4, 0.5) is 5.69 Å². The Bertz CT molecular complexity index is 558. The Morgan fingerprint density at radius 3 is 2.95 bits per heavy atom. The number of carbonyl (C=O) groups is 1. The highest BCUT2D eigenvalue weighted by molar-refractivity contribution is 5.92. The maximum absolute atomic E-state index is 11.8. The van der Waals surface area contributed by atoms with Gasteiger partial charge in [-0.15, -0.1) is 0 Å². The van der Waals surface area contributed by atoms with Gasteiger partial charge in [-0.1, -0.05) is 12.1 Å². The number of hydrogen-bond donors (Lipinski definition) is 2. The number of amides is 1. The molecule has 1 aromatic carbocycles. The molecule has 2 aromatic rings. The van der Waals surface area contributed by atoms with E-state index in [2.05, 4.69) is 15.6 Å². The molecule has 0 bridgehead atoms. The van der Waals surface area contributed by atoms with Gasteiger partial charge in [0.1, 0.15) is 5.75 Å². The average Bonchev–Trinajstić information content (AvgIpc) is 2.48. The van der Waals surface area contributed by atoms with Crippen molar-refractivity contribution in [2.45, 2.75) is 6.54 Å². The Balaban J connectivity index is 1.77. The van der Waals surface area contributed by atoms with Crippen LogP contribution in [0, 0.1) is 0 Å². The predicted octanol–water partition coefficient (Wildman–Crippen LogP) is 1.82. The molecule has 1 amide bonds. The molecule has 0 spiro atoms. The first kappa shape index (κ1) is 14.0. The lowest BCUT2D eigenvalue weighted by molar-refractivity contribution is -0.115. The molecule has 0 unspecified atom stereocenters. The lowest BCUT2D eigenvalue weighted by Gasteiger charge is -2.08. The third-order valence-electron chi connectivity index (χ3n) is 2.69. The monoisotopic (exact) mass is 271 g/mol. The summed E-state index contributed by atoms with van der Waals surface area (Å²) in [5.41, 5.74) is 1.76. The standard InChI is InChI=1S/C15H17N3O2/c1-20-14-6-2-5-13(8-14)18-15(19)11-17-10-12-4-3-7-16-9-12/h2-9,17H,10-11H2,1H3,(H,18,19). The first-order valence-corrected chi connectivity index (χ1v) is 6.31. The van der Waals surface area contributed by atoms with Gasteiger partial charge in [0.2, 0.25) is 5.91 Å². The quantitative estimate of drug-likeness (QED) is 0.841. The summed E-state index contributed by atoms with van der Waals surface area (Å²) in [6.07, 6.45) is 3.49. The number of pyridine rings is 1. The van der Waals surface area contributed by atoms with Crippen LogP contribution in [0.3, 0.4) is 0 Å². The molecule has 5 nitrogen and oxygen atoms in total. The highest BCUT2D eigenvalue weighted by atomic mass is 16.5. The van der Waals surface area contributed by atoms with Crippen molar-refractivity contribution < 1.29 is 9.53 Å². The van der Waals surface area contributed by atoms with Gasteiger partial charge in [-0.05, 0) is 23.8 Å². The van der Waals surface area contributed by atoms with Crippen molar-refractivity contribution in [2.24, 2.45) is 0 Å². The van der Waals surface area contributed by atoms with E-state index in [1.807, 2.05) is 30.3 Å². The van der Waals surface area contributed by atoms with Crippen molar-refractivity contribution in [3.05, 3.63) is 54.4 Å². The number of rotatable bonds is 6. The second kappa shape index (κ2) is 7.25. The molecular formula is C15H17N3O2. The van der Waals surface area contributed by atoms with Crippen LogP contribution >= 0.6 is 0 Å². The number of methoxy groups -OCH3 is 1. The fourth-order valence-corrected chi connectivity index (χ4v) is 1.73. The second-order valence-electron chi connectivity index (χ2n) is 4.24. The Hall–Kier alpha value is -2.40. The number of anilines is 1. The first-order valence-electron chi connectivity index (χ1n) is 6.31. The maximum atomic E-state index is 11.8. The summed E-state index contributed by atoms with van der Waals surface area (Å²) in [6.45, 7) is 0.853. The smallest absolute Gasteiger partial charge is 0.238 e. The summed E-state index contributed by atoms with van der Waals surface area (Å²) < 4.78 is 5.10. The number of nitrogens with one attached hydrogen (secondary N) is 2. The fourth-order valence-electron chi connectivity index (χ4n) is 1.73. The zero-order valence-electron chi connectivity index (χ0n) is 11.3. The molecule has 0 radical (unpaired) electrons. The highest BCUT2D eigenvalue weighted by Gasteiger charge is 2.03. The van der Waals surface area contributed by atoms with E-state index in [9.17, 15) is 4.79 Å². The van der Waals surface area contributed by atoms with Gasteiger partial charge in [-0.2, -0.15) is 0 Å². The molecule has 2 rings (SSSR count). The minimum absolute atomic E-state index is 0.0952. The third kappa shape index (κ3) is 4.37. The van der Waals surface area contributed by atoms with Crippen molar-refractivity contribution in [3.8, 4) is 5.75 Å². The molecule has 1 aromatic heterocycles. The molecule has 0 saturated heterocycles. The normalized spacial score (nSPS) is 10.1. The van der Waals surface area contributed by atoms with Crippen molar-refractivity contribution in [2.75, 3.05) is 19.0 Å². The van der Waals surface area contributed by atoms with Crippen LogP contribution in [0.25, 0.3) is 0 Å². The largest absolute Gasteiger partial charge is 0.497 e. The van der Waals surface area contributed by atoms with Gasteiger partial charge in [0, 0.05) is 30.7 Å². The van der Waals surface area contributed by atoms with E-state index in [0.717, 1.165) is 11.3 Å². The molecule has 5 heteroatoms. The van der Waals surface area contributed by atoms with E-state index in [-0.39, 0.29) is 12.5 Å². The Morgan fingerprint density at radius 1 is 1.30 bits per heavy atom. The van der Waals surface area contributed by atoms with Gasteiger partial charge < -0.3 is 15.4 Å². The molecule has 20 heavy (non-hydrogen) atoms. The van der Waals surface area contributed by atoms with Crippen molar-refractivity contribution >= 4 is 11.6 Å². The number of hydrogen-bond acceptors (Lipinski definition) is 4. The summed E-state index contributed by atoms with van der Waals surface area (Å²) in [5, 5.41) is 5.87. The summed E-state index contributed by atoms with van der Waals surface area (Å²) in [5.74, 6) is 0.619. The summed E-state index contributed by atoms with van der Waals surface area (Å²) >= 11 is 0. The SMILES string of the molecule is COc1cccc(NC(=O)CNCc2cccnc2)c1. The predicted molar refractivity (Wildman–Crippen MR) is 77.6 cm³/mol. The molecule has 2 N–H and O–H groups in total. The first-order chi connectivity index (χ1) is 9.78. The number of aromatic nitrogens is 1. The fraction of sp³-hybridized carbons (Fsp3) is 0.200. The van der Waals surface area contributed by atoms with Crippen LogP contribution in [-0.2, 0) is 11.3 Å². The topological polar surface area (TPSA) is 63.2 Å². The van der Waals surface area contributed by atoms with E-state index in [1.54, 1.807) is 25.6 Å². The number of benzene rings is 1. The van der Waals surface area contributed by atoms with Gasteiger partial charge in [0.05, 0.1) is 13.7 Å². The molecule has 104 valence electrons. The zero-order chi connectivity index (χ0) is 14.2. The van der Waals surface area contributed by atoms with Crippen LogP contribution in [0.15, 0.2) is 48.8 Å². The summed E-state index contributed by atoms with van der Waals surface area (Å²) in [6, 6.07) is 11.1. The minimum atomic E-state index is -0.0952. The van der Waals surface area contributed by atoms with E-state index in [0.29, 0.717) is 12.3 Å². The molecule has 0 aliphatic carbocycles. The van der Waals surface area contributed by atoms with Crippen molar-refractivity contribution in [1.29, 1.82) is 0 Å². The molecule has 0 aliphatic heterocycles. The van der Waals surface area contributed by atoms with Gasteiger partial charge >= 0.3 is 0 Å². The second-order valence-corrected chi connectivity index (χ2v) is 4.24. The summed E-state index contributed by atoms with van der Waals surface area (Å²) in [7, 11) is 1.59. The minimum Gasteiger partial charge on any atom is -0.497 e. The van der Waals surface area contributed by atoms with Crippen molar-refractivity contribution in [3.63, 3.8) is 0 Å². The van der Waals surface area contributed by atoms with Crippen LogP contribution in [0.2, 0.25) is 0 Å². The molecular weight excluding hydrogens is 254 g/mol. The number of ether oxygens (including phenoxy) is 1. The highest BCUT2D eigenvalue weighted by Crippen LogP contribution is 2.16. The molecule has 0 atom stereocenters. The Labute approximate surface area is 118 Å². The molecule has 0 saturated carbocycles. The molecule has 1 heterocycles. The Morgan fingerprint density at radius 2 is 2.20 bits per heavy atom. The number of nitrogens with zero attached hydrogens (tertiary/aromatic N) is 1. The molecule has 0 fully saturated rings. The van der Waals surface area contributed by atoms with Gasteiger partial charge in [0.15, 0.2) is 0 Å². The van der Waals surface area contributed by atoms with Crippen LogP contribution in [-0.4, -0.2) is 24.5 Å². The summed E-state index contributed by atoms with van der Waals surface area (Å²) in [4.78, 5) is 15.8. The lowest BCUT2D eigenvalue weighted by atomic mass is 10.3. The van der Waals surface area contributed by atoms with E-state index < -0.39 is 0 Å². The van der Waals surface area contributed by atoms with E-state index >= 15 is 0 Å². The zero-order valence-corrected chi connectivity index (χ0v) is 11.3. The third-order valence-corrected chi connectivity index (χ3v) is 2.69. The average molecular weight is 271 g/mol. The lowest BCUT2D eigenvalue weighted by Crippen LogP contribution is -2.27. The van der Waals surface area contributed by atoms with Gasteiger partial charge in [-0.3, -0.25) is 9.78 Å². The van der Waals surface area contributed by atoms with E-state index in [4.69, 9.17) is 4.74 Å². The van der Waals surface area contributed by atoms with Crippen LogP contribution in [0.5, 0.6) is 5.75 Å². The van der Waals surface area contributed by atoms with Crippen molar-refractivity contribution in [1.82, 2.24) is 10.3 Å².